The first-order valence-corrected chi connectivity index (χ1v) is 5.64. The van der Waals surface area contributed by atoms with E-state index in [0.717, 1.165) is 5.92 Å². The maximum atomic E-state index is 2.59. The van der Waals surface area contributed by atoms with Crippen LogP contribution in [0.15, 0.2) is 0 Å². The van der Waals surface area contributed by atoms with Gasteiger partial charge in [0.15, 0.2) is 0 Å². The maximum absolute atomic E-state index is 2.59. The van der Waals surface area contributed by atoms with Crippen LogP contribution in [-0.2, 0) is 0 Å². The summed E-state index contributed by atoms with van der Waals surface area (Å²) in [5, 5.41) is 0. The highest BCUT2D eigenvalue weighted by Gasteiger charge is 2.28. The Morgan fingerprint density at radius 3 is 2.44 bits per heavy atom. The molecule has 54 valence electrons. The first-order chi connectivity index (χ1) is 4.10. The van der Waals surface area contributed by atoms with Gasteiger partial charge >= 0.3 is 0 Å². The number of hydrogen-bond acceptors (Lipinski definition) is 0. The SMILES string of the molecule is CC1CCCC(I)(I)C1. The maximum Gasteiger partial charge on any atom is 0.0737 e. The van der Waals surface area contributed by atoms with Crippen LogP contribution in [0.1, 0.15) is 32.6 Å². The van der Waals surface area contributed by atoms with Crippen molar-refractivity contribution in [1.29, 1.82) is 0 Å². The van der Waals surface area contributed by atoms with Crippen LogP contribution in [-0.4, -0.2) is 1.43 Å². The molecule has 1 aliphatic rings. The van der Waals surface area contributed by atoms with Crippen molar-refractivity contribution < 1.29 is 0 Å². The van der Waals surface area contributed by atoms with E-state index >= 15 is 0 Å². The fourth-order valence-corrected chi connectivity index (χ4v) is 3.69. The molecular formula is C7H12I2. The summed E-state index contributed by atoms with van der Waals surface area (Å²) in [7, 11) is 0. The average molecular weight is 350 g/mol. The molecule has 0 radical (unpaired) electrons. The fourth-order valence-electron chi connectivity index (χ4n) is 1.42. The van der Waals surface area contributed by atoms with Gasteiger partial charge in [0.25, 0.3) is 0 Å². The molecule has 0 saturated heterocycles. The van der Waals surface area contributed by atoms with Crippen LogP contribution < -0.4 is 0 Å². The average Bonchev–Trinajstić information content (AvgIpc) is 1.60. The Hall–Kier alpha value is 1.46. The van der Waals surface area contributed by atoms with Crippen molar-refractivity contribution in [3.05, 3.63) is 0 Å². The van der Waals surface area contributed by atoms with Crippen molar-refractivity contribution in [3.8, 4) is 0 Å². The molecule has 1 atom stereocenters. The van der Waals surface area contributed by atoms with E-state index in [1.807, 2.05) is 0 Å². The lowest BCUT2D eigenvalue weighted by molar-refractivity contribution is 0.394. The lowest BCUT2D eigenvalue weighted by Crippen LogP contribution is -2.20. The second-order valence-corrected chi connectivity index (χ2v) is 9.25. The second-order valence-electron chi connectivity index (χ2n) is 3.06. The van der Waals surface area contributed by atoms with Crippen molar-refractivity contribution in [3.63, 3.8) is 0 Å². The Morgan fingerprint density at radius 1 is 1.44 bits per heavy atom. The third kappa shape index (κ3) is 2.91. The summed E-state index contributed by atoms with van der Waals surface area (Å²) < 4.78 is 0.590. The van der Waals surface area contributed by atoms with Gasteiger partial charge in [0.2, 0.25) is 0 Å². The van der Waals surface area contributed by atoms with Gasteiger partial charge in [-0.05, 0) is 18.8 Å². The Bertz CT molecular complexity index is 99.1. The predicted molar refractivity (Wildman–Crippen MR) is 58.4 cm³/mol. The third-order valence-corrected chi connectivity index (χ3v) is 3.85. The summed E-state index contributed by atoms with van der Waals surface area (Å²) in [5.41, 5.74) is 0. The van der Waals surface area contributed by atoms with Crippen molar-refractivity contribution >= 4 is 45.2 Å². The van der Waals surface area contributed by atoms with Crippen molar-refractivity contribution in [2.75, 3.05) is 0 Å². The van der Waals surface area contributed by atoms with E-state index < -0.39 is 0 Å². The van der Waals surface area contributed by atoms with Crippen LogP contribution in [0.3, 0.4) is 0 Å². The summed E-state index contributed by atoms with van der Waals surface area (Å²) in [6, 6.07) is 0. The molecule has 1 aliphatic carbocycles. The lowest BCUT2D eigenvalue weighted by atomic mass is 9.91. The predicted octanol–water partition coefficient (Wildman–Crippen LogP) is 3.76. The van der Waals surface area contributed by atoms with Crippen LogP contribution in [0, 0.1) is 5.92 Å². The van der Waals surface area contributed by atoms with E-state index in [1.165, 1.54) is 25.7 Å². The lowest BCUT2D eigenvalue weighted by Gasteiger charge is -2.29. The van der Waals surface area contributed by atoms with Gasteiger partial charge in [0, 0.05) is 0 Å². The molecule has 1 fully saturated rings. The number of hydrogen-bond donors (Lipinski definition) is 0. The summed E-state index contributed by atoms with van der Waals surface area (Å²) in [6.45, 7) is 2.37. The molecule has 0 aromatic rings. The Labute approximate surface area is 84.4 Å². The molecule has 0 nitrogen and oxygen atoms in total. The number of alkyl halides is 2. The van der Waals surface area contributed by atoms with Crippen molar-refractivity contribution in [1.82, 2.24) is 0 Å². The summed E-state index contributed by atoms with van der Waals surface area (Å²) in [6.07, 6.45) is 5.72. The van der Waals surface area contributed by atoms with E-state index in [4.69, 9.17) is 0 Å². The van der Waals surface area contributed by atoms with E-state index in [1.54, 1.807) is 0 Å². The van der Waals surface area contributed by atoms with E-state index in [0.29, 0.717) is 1.43 Å². The summed E-state index contributed by atoms with van der Waals surface area (Å²) in [4.78, 5) is 0. The van der Waals surface area contributed by atoms with Gasteiger partial charge in [0.05, 0.1) is 1.43 Å². The molecule has 1 unspecified atom stereocenters. The molecule has 0 amide bonds. The van der Waals surface area contributed by atoms with E-state index in [-0.39, 0.29) is 0 Å². The van der Waals surface area contributed by atoms with Crippen LogP contribution in [0.25, 0.3) is 0 Å². The van der Waals surface area contributed by atoms with Gasteiger partial charge < -0.3 is 0 Å². The molecule has 0 aromatic heterocycles. The Kier molecular flexibility index (Phi) is 3.08. The smallest absolute Gasteiger partial charge is 0.0672 e. The van der Waals surface area contributed by atoms with Crippen molar-refractivity contribution in [2.24, 2.45) is 5.92 Å². The first kappa shape index (κ1) is 8.56. The standard InChI is InChI=1S/C7H12I2/c1-6-3-2-4-7(8,9)5-6/h6H,2-5H2,1H3. The van der Waals surface area contributed by atoms with Gasteiger partial charge in [-0.2, -0.15) is 0 Å². The van der Waals surface area contributed by atoms with Crippen LogP contribution in [0.2, 0.25) is 0 Å². The minimum atomic E-state index is 0.590. The fraction of sp³-hybridized carbons (Fsp3) is 1.00. The zero-order valence-corrected chi connectivity index (χ0v) is 9.98. The summed E-state index contributed by atoms with van der Waals surface area (Å²) in [5.74, 6) is 0.965. The zero-order chi connectivity index (χ0) is 6.91. The van der Waals surface area contributed by atoms with Gasteiger partial charge in [-0.1, -0.05) is 64.9 Å². The van der Waals surface area contributed by atoms with Crippen LogP contribution in [0.5, 0.6) is 0 Å². The molecule has 0 N–H and O–H groups in total. The van der Waals surface area contributed by atoms with Gasteiger partial charge in [-0.15, -0.1) is 0 Å². The number of rotatable bonds is 0. The molecule has 0 spiro atoms. The molecule has 9 heavy (non-hydrogen) atoms. The van der Waals surface area contributed by atoms with Crippen molar-refractivity contribution in [2.45, 2.75) is 34.0 Å². The zero-order valence-electron chi connectivity index (χ0n) is 5.66. The second kappa shape index (κ2) is 3.24. The molecule has 0 bridgehead atoms. The first-order valence-electron chi connectivity index (χ1n) is 3.48. The van der Waals surface area contributed by atoms with E-state index in [9.17, 15) is 0 Å². The molecule has 0 heterocycles. The van der Waals surface area contributed by atoms with Crippen LogP contribution in [0.4, 0.5) is 0 Å². The molecule has 1 rings (SSSR count). The van der Waals surface area contributed by atoms with Gasteiger partial charge in [-0.25, -0.2) is 0 Å². The minimum absolute atomic E-state index is 0.590. The molecule has 1 saturated carbocycles. The van der Waals surface area contributed by atoms with E-state index in [2.05, 4.69) is 52.1 Å². The minimum Gasteiger partial charge on any atom is -0.0672 e. The van der Waals surface area contributed by atoms with Gasteiger partial charge in [-0.3, -0.25) is 0 Å². The molecular weight excluding hydrogens is 338 g/mol. The number of halogens is 2. The topological polar surface area (TPSA) is 0 Å². The highest BCUT2D eigenvalue weighted by atomic mass is 127. The highest BCUT2D eigenvalue weighted by Crippen LogP contribution is 2.44. The normalized spacial score (nSPS) is 34.3. The van der Waals surface area contributed by atoms with Crippen LogP contribution >= 0.6 is 45.2 Å². The monoisotopic (exact) mass is 350 g/mol. The summed E-state index contributed by atoms with van der Waals surface area (Å²) >= 11 is 5.19. The largest absolute Gasteiger partial charge is 0.0737 e. The van der Waals surface area contributed by atoms with Gasteiger partial charge in [0.1, 0.15) is 0 Å². The Balaban J connectivity index is 2.41. The quantitative estimate of drug-likeness (QED) is 0.461. The Morgan fingerprint density at radius 2 is 2.11 bits per heavy atom. The highest BCUT2D eigenvalue weighted by molar-refractivity contribution is 14.2. The third-order valence-electron chi connectivity index (χ3n) is 1.89. The molecule has 2 heteroatoms. The molecule has 0 aliphatic heterocycles. The molecule has 0 aromatic carbocycles.